The van der Waals surface area contributed by atoms with Gasteiger partial charge in [-0.2, -0.15) is 0 Å². The summed E-state index contributed by atoms with van der Waals surface area (Å²) in [6, 6.07) is 15.0. The monoisotopic (exact) mass is 288 g/mol. The van der Waals surface area contributed by atoms with Gasteiger partial charge in [0, 0.05) is 11.6 Å². The molecule has 0 saturated heterocycles. The topological polar surface area (TPSA) is 55.1 Å². The van der Waals surface area contributed by atoms with Crippen molar-refractivity contribution in [3.05, 3.63) is 64.7 Å². The predicted molar refractivity (Wildman–Crippen MR) is 82.9 cm³/mol. The predicted octanol–water partition coefficient (Wildman–Crippen LogP) is 3.28. The number of hydrogen-bond donors (Lipinski definition) is 2. The Bertz CT molecular complexity index is 599. The Labute approximate surface area is 123 Å². The van der Waals surface area contributed by atoms with Crippen LogP contribution in [0.4, 0.5) is 5.69 Å². The Morgan fingerprint density at radius 1 is 1.25 bits per heavy atom. The van der Waals surface area contributed by atoms with Crippen LogP contribution in [0.1, 0.15) is 22.8 Å². The molecule has 0 aliphatic carbocycles. The van der Waals surface area contributed by atoms with Gasteiger partial charge in [0.15, 0.2) is 0 Å². The van der Waals surface area contributed by atoms with E-state index in [4.69, 9.17) is 17.3 Å². The first kappa shape index (κ1) is 14.4. The molecule has 1 atom stereocenters. The summed E-state index contributed by atoms with van der Waals surface area (Å²) >= 11 is 5.92. The number of rotatable bonds is 4. The maximum Gasteiger partial charge on any atom is 0.251 e. The SMILES string of the molecule is CC(Cc1ccccc1)NC(=O)c1ccc(N)c(Cl)c1. The summed E-state index contributed by atoms with van der Waals surface area (Å²) in [5.41, 5.74) is 7.81. The van der Waals surface area contributed by atoms with Gasteiger partial charge in [0.25, 0.3) is 5.91 Å². The Kier molecular flexibility index (Phi) is 4.64. The molecule has 0 radical (unpaired) electrons. The van der Waals surface area contributed by atoms with E-state index < -0.39 is 0 Å². The average Bonchev–Trinajstić information content (AvgIpc) is 2.42. The number of benzene rings is 2. The number of nitrogens with one attached hydrogen (secondary N) is 1. The van der Waals surface area contributed by atoms with Crippen molar-refractivity contribution in [3.63, 3.8) is 0 Å². The van der Waals surface area contributed by atoms with E-state index in [9.17, 15) is 4.79 Å². The molecule has 1 amide bonds. The second kappa shape index (κ2) is 6.44. The van der Waals surface area contributed by atoms with Crippen LogP contribution in [0.15, 0.2) is 48.5 Å². The molecule has 2 aromatic carbocycles. The second-order valence-corrected chi connectivity index (χ2v) is 5.21. The molecule has 0 saturated carbocycles. The molecule has 3 N–H and O–H groups in total. The zero-order chi connectivity index (χ0) is 14.5. The van der Waals surface area contributed by atoms with Gasteiger partial charge in [-0.3, -0.25) is 4.79 Å². The van der Waals surface area contributed by atoms with Crippen molar-refractivity contribution >= 4 is 23.2 Å². The lowest BCUT2D eigenvalue weighted by atomic mass is 10.1. The van der Waals surface area contributed by atoms with Crippen molar-refractivity contribution in [2.75, 3.05) is 5.73 Å². The lowest BCUT2D eigenvalue weighted by Gasteiger charge is -2.14. The van der Waals surface area contributed by atoms with E-state index in [0.717, 1.165) is 6.42 Å². The summed E-state index contributed by atoms with van der Waals surface area (Å²) < 4.78 is 0. The Morgan fingerprint density at radius 2 is 1.95 bits per heavy atom. The fourth-order valence-corrected chi connectivity index (χ4v) is 2.17. The maximum atomic E-state index is 12.1. The van der Waals surface area contributed by atoms with Crippen LogP contribution in [0.5, 0.6) is 0 Å². The quantitative estimate of drug-likeness (QED) is 0.848. The zero-order valence-electron chi connectivity index (χ0n) is 11.3. The standard InChI is InChI=1S/C16H17ClN2O/c1-11(9-12-5-3-2-4-6-12)19-16(20)13-7-8-15(18)14(17)10-13/h2-8,10-11H,9,18H2,1H3,(H,19,20). The molecule has 2 aromatic rings. The number of nitrogens with two attached hydrogens (primary N) is 1. The summed E-state index contributed by atoms with van der Waals surface area (Å²) in [7, 11) is 0. The van der Waals surface area contributed by atoms with E-state index >= 15 is 0 Å². The van der Waals surface area contributed by atoms with E-state index in [-0.39, 0.29) is 11.9 Å². The molecule has 0 spiro atoms. The first-order valence-electron chi connectivity index (χ1n) is 6.46. The zero-order valence-corrected chi connectivity index (χ0v) is 12.0. The van der Waals surface area contributed by atoms with Crippen LogP contribution in [0.25, 0.3) is 0 Å². The van der Waals surface area contributed by atoms with Crippen LogP contribution in [-0.4, -0.2) is 11.9 Å². The highest BCUT2D eigenvalue weighted by molar-refractivity contribution is 6.33. The minimum absolute atomic E-state index is 0.0428. The second-order valence-electron chi connectivity index (χ2n) is 4.80. The smallest absolute Gasteiger partial charge is 0.251 e. The molecule has 104 valence electrons. The fraction of sp³-hybridized carbons (Fsp3) is 0.188. The van der Waals surface area contributed by atoms with Gasteiger partial charge in [-0.15, -0.1) is 0 Å². The minimum atomic E-state index is -0.143. The molecule has 0 heterocycles. The molecule has 1 unspecified atom stereocenters. The van der Waals surface area contributed by atoms with Crippen molar-refractivity contribution < 1.29 is 4.79 Å². The lowest BCUT2D eigenvalue weighted by Crippen LogP contribution is -2.34. The van der Waals surface area contributed by atoms with Gasteiger partial charge in [0.05, 0.1) is 10.7 Å². The summed E-state index contributed by atoms with van der Waals surface area (Å²) in [6.07, 6.45) is 0.787. The van der Waals surface area contributed by atoms with Crippen LogP contribution in [0.2, 0.25) is 5.02 Å². The first-order valence-corrected chi connectivity index (χ1v) is 6.84. The van der Waals surface area contributed by atoms with Gasteiger partial charge in [-0.25, -0.2) is 0 Å². The fourth-order valence-electron chi connectivity index (χ4n) is 1.99. The number of halogens is 1. The average molecular weight is 289 g/mol. The highest BCUT2D eigenvalue weighted by Gasteiger charge is 2.11. The Morgan fingerprint density at radius 3 is 2.60 bits per heavy atom. The molecule has 0 aliphatic heterocycles. The van der Waals surface area contributed by atoms with Gasteiger partial charge in [-0.1, -0.05) is 41.9 Å². The van der Waals surface area contributed by atoms with Gasteiger partial charge in [-0.05, 0) is 37.1 Å². The van der Waals surface area contributed by atoms with Crippen molar-refractivity contribution in [2.24, 2.45) is 0 Å². The molecule has 20 heavy (non-hydrogen) atoms. The third kappa shape index (κ3) is 3.75. The van der Waals surface area contributed by atoms with E-state index in [1.807, 2.05) is 37.3 Å². The molecule has 3 nitrogen and oxygen atoms in total. The molecular formula is C16H17ClN2O. The third-order valence-corrected chi connectivity index (χ3v) is 3.35. The largest absolute Gasteiger partial charge is 0.398 e. The highest BCUT2D eigenvalue weighted by atomic mass is 35.5. The van der Waals surface area contributed by atoms with E-state index in [1.165, 1.54) is 5.56 Å². The van der Waals surface area contributed by atoms with Gasteiger partial charge in [0.2, 0.25) is 0 Å². The molecule has 0 bridgehead atoms. The van der Waals surface area contributed by atoms with Crippen LogP contribution in [0.3, 0.4) is 0 Å². The normalized spacial score (nSPS) is 11.9. The molecule has 0 fully saturated rings. The molecule has 0 aliphatic rings. The van der Waals surface area contributed by atoms with Crippen LogP contribution >= 0.6 is 11.6 Å². The third-order valence-electron chi connectivity index (χ3n) is 3.02. The number of anilines is 1. The van der Waals surface area contributed by atoms with Gasteiger partial charge >= 0.3 is 0 Å². The number of carbonyl (C=O) groups excluding carboxylic acids is 1. The van der Waals surface area contributed by atoms with Crippen molar-refractivity contribution in [3.8, 4) is 0 Å². The van der Waals surface area contributed by atoms with Crippen molar-refractivity contribution in [1.29, 1.82) is 0 Å². The highest BCUT2D eigenvalue weighted by Crippen LogP contribution is 2.19. The van der Waals surface area contributed by atoms with Crippen LogP contribution < -0.4 is 11.1 Å². The van der Waals surface area contributed by atoms with Gasteiger partial charge < -0.3 is 11.1 Å². The molecule has 2 rings (SSSR count). The number of carbonyl (C=O) groups is 1. The number of amides is 1. The lowest BCUT2D eigenvalue weighted by molar-refractivity contribution is 0.0940. The molecular weight excluding hydrogens is 272 g/mol. The number of nitrogen functional groups attached to an aromatic ring is 1. The summed E-state index contributed by atoms with van der Waals surface area (Å²) in [6.45, 7) is 1.98. The van der Waals surface area contributed by atoms with E-state index in [2.05, 4.69) is 5.32 Å². The maximum absolute atomic E-state index is 12.1. The molecule has 0 aromatic heterocycles. The first-order chi connectivity index (χ1) is 9.56. The Hall–Kier alpha value is -2.00. The van der Waals surface area contributed by atoms with Gasteiger partial charge in [0.1, 0.15) is 0 Å². The van der Waals surface area contributed by atoms with Crippen LogP contribution in [-0.2, 0) is 6.42 Å². The van der Waals surface area contributed by atoms with Crippen molar-refractivity contribution in [1.82, 2.24) is 5.32 Å². The van der Waals surface area contributed by atoms with Crippen molar-refractivity contribution in [2.45, 2.75) is 19.4 Å². The van der Waals surface area contributed by atoms with E-state index in [1.54, 1.807) is 18.2 Å². The summed E-state index contributed by atoms with van der Waals surface area (Å²) in [5.74, 6) is -0.143. The number of hydrogen-bond acceptors (Lipinski definition) is 2. The summed E-state index contributed by atoms with van der Waals surface area (Å²) in [4.78, 5) is 12.1. The summed E-state index contributed by atoms with van der Waals surface area (Å²) in [5, 5.41) is 3.35. The van der Waals surface area contributed by atoms with E-state index in [0.29, 0.717) is 16.3 Å². The minimum Gasteiger partial charge on any atom is -0.398 e. The Balaban J connectivity index is 1.98. The molecule has 4 heteroatoms. The van der Waals surface area contributed by atoms with Crippen LogP contribution in [0, 0.1) is 0 Å².